The topological polar surface area (TPSA) is 32.8 Å². The number of nitrogens with zero attached hydrogens (tertiary/aromatic N) is 2. The summed E-state index contributed by atoms with van der Waals surface area (Å²) >= 11 is 6.10. The van der Waals surface area contributed by atoms with Crippen LogP contribution in [0.4, 0.5) is 5.69 Å². The summed E-state index contributed by atoms with van der Waals surface area (Å²) in [6, 6.07) is 13.8. The zero-order valence-electron chi connectivity index (χ0n) is 16.2. The Balaban J connectivity index is 1.62. The van der Waals surface area contributed by atoms with Crippen molar-refractivity contribution in [2.45, 2.75) is 33.3 Å². The van der Waals surface area contributed by atoms with Gasteiger partial charge in [-0.15, -0.1) is 0 Å². The van der Waals surface area contributed by atoms with Crippen LogP contribution in [0.5, 0.6) is 5.75 Å². The number of piperazine rings is 1. The summed E-state index contributed by atoms with van der Waals surface area (Å²) in [6.45, 7) is 9.07. The summed E-state index contributed by atoms with van der Waals surface area (Å²) in [6.07, 6.45) is 0.212. The Morgan fingerprint density at radius 2 is 1.81 bits per heavy atom. The average molecular weight is 387 g/mol. The normalized spacial score (nSPS) is 15.6. The van der Waals surface area contributed by atoms with Gasteiger partial charge in [0.05, 0.1) is 0 Å². The third-order valence-corrected chi connectivity index (χ3v) is 5.47. The number of aryl methyl sites for hydroxylation is 1. The molecular formula is C22H27ClN2O2. The van der Waals surface area contributed by atoms with Crippen molar-refractivity contribution in [2.24, 2.45) is 0 Å². The maximum atomic E-state index is 13.0. The van der Waals surface area contributed by atoms with E-state index in [1.54, 1.807) is 0 Å². The summed E-state index contributed by atoms with van der Waals surface area (Å²) in [4.78, 5) is 17.2. The van der Waals surface area contributed by atoms with Crippen LogP contribution in [-0.4, -0.2) is 43.1 Å². The SMILES string of the molecule is CC[C@H](Oc1cccc(C)c1C)C(=O)N1CCN(c2cccc(Cl)c2)CC1. The van der Waals surface area contributed by atoms with Gasteiger partial charge in [-0.25, -0.2) is 0 Å². The molecule has 1 aliphatic rings. The molecule has 1 aliphatic heterocycles. The van der Waals surface area contributed by atoms with Gasteiger partial charge in [0.1, 0.15) is 5.75 Å². The van der Waals surface area contributed by atoms with Crippen LogP contribution in [0.1, 0.15) is 24.5 Å². The molecule has 0 aromatic heterocycles. The van der Waals surface area contributed by atoms with Crippen molar-refractivity contribution < 1.29 is 9.53 Å². The predicted molar refractivity (Wildman–Crippen MR) is 111 cm³/mol. The molecule has 1 saturated heterocycles. The molecule has 0 saturated carbocycles. The highest BCUT2D eigenvalue weighted by atomic mass is 35.5. The molecule has 0 unspecified atom stereocenters. The standard InChI is InChI=1S/C22H27ClN2O2/c1-4-20(27-21-10-5-7-16(2)17(21)3)22(26)25-13-11-24(12-14-25)19-9-6-8-18(23)15-19/h5-10,15,20H,4,11-14H2,1-3H3/t20-/m0/s1. The highest BCUT2D eigenvalue weighted by molar-refractivity contribution is 6.30. The molecule has 2 aromatic rings. The number of carbonyl (C=O) groups excluding carboxylic acids is 1. The summed E-state index contributed by atoms with van der Waals surface area (Å²) in [5.74, 6) is 0.872. The van der Waals surface area contributed by atoms with Gasteiger partial charge in [0, 0.05) is 36.9 Å². The predicted octanol–water partition coefficient (Wildman–Crippen LogP) is 4.46. The Kier molecular flexibility index (Phi) is 6.27. The summed E-state index contributed by atoms with van der Waals surface area (Å²) in [5, 5.41) is 0.735. The maximum absolute atomic E-state index is 13.0. The zero-order valence-corrected chi connectivity index (χ0v) is 17.0. The Hall–Kier alpha value is -2.20. The second-order valence-corrected chi connectivity index (χ2v) is 7.44. The van der Waals surface area contributed by atoms with Crippen molar-refractivity contribution in [1.82, 2.24) is 4.90 Å². The lowest BCUT2D eigenvalue weighted by Crippen LogP contribution is -2.52. The Morgan fingerprint density at radius 3 is 2.48 bits per heavy atom. The fourth-order valence-electron chi connectivity index (χ4n) is 3.37. The van der Waals surface area contributed by atoms with Crippen molar-refractivity contribution in [3.05, 3.63) is 58.6 Å². The van der Waals surface area contributed by atoms with E-state index in [0.29, 0.717) is 19.5 Å². The van der Waals surface area contributed by atoms with Gasteiger partial charge in [-0.2, -0.15) is 0 Å². The first-order chi connectivity index (χ1) is 13.0. The number of ether oxygens (including phenoxy) is 1. The number of carbonyl (C=O) groups is 1. The van der Waals surface area contributed by atoms with Gasteiger partial charge in [-0.1, -0.05) is 36.7 Å². The van der Waals surface area contributed by atoms with Gasteiger partial charge in [0.2, 0.25) is 0 Å². The molecule has 4 nitrogen and oxygen atoms in total. The Labute approximate surface area is 166 Å². The lowest BCUT2D eigenvalue weighted by atomic mass is 10.1. The highest BCUT2D eigenvalue weighted by Gasteiger charge is 2.28. The van der Waals surface area contributed by atoms with Crippen LogP contribution in [0.25, 0.3) is 0 Å². The molecule has 0 aliphatic carbocycles. The van der Waals surface area contributed by atoms with Crippen LogP contribution in [0.15, 0.2) is 42.5 Å². The monoisotopic (exact) mass is 386 g/mol. The fraction of sp³-hybridized carbons (Fsp3) is 0.409. The molecule has 1 amide bonds. The molecule has 0 bridgehead atoms. The molecule has 0 N–H and O–H groups in total. The number of halogens is 1. The lowest BCUT2D eigenvalue weighted by Gasteiger charge is -2.37. The Bertz CT molecular complexity index is 801. The van der Waals surface area contributed by atoms with Crippen LogP contribution in [-0.2, 0) is 4.79 Å². The number of hydrogen-bond donors (Lipinski definition) is 0. The molecule has 3 rings (SSSR count). The molecule has 0 spiro atoms. The van der Waals surface area contributed by atoms with E-state index in [0.717, 1.165) is 35.1 Å². The first-order valence-corrected chi connectivity index (χ1v) is 9.89. The maximum Gasteiger partial charge on any atom is 0.263 e. The fourth-order valence-corrected chi connectivity index (χ4v) is 3.56. The molecule has 144 valence electrons. The van der Waals surface area contributed by atoms with Crippen molar-refractivity contribution in [2.75, 3.05) is 31.1 Å². The van der Waals surface area contributed by atoms with E-state index in [1.165, 1.54) is 5.56 Å². The van der Waals surface area contributed by atoms with E-state index in [1.807, 2.05) is 49.1 Å². The van der Waals surface area contributed by atoms with E-state index in [-0.39, 0.29) is 5.91 Å². The minimum Gasteiger partial charge on any atom is -0.480 e. The zero-order chi connectivity index (χ0) is 19.4. The van der Waals surface area contributed by atoms with Gasteiger partial charge in [-0.3, -0.25) is 4.79 Å². The van der Waals surface area contributed by atoms with Gasteiger partial charge in [0.25, 0.3) is 5.91 Å². The van der Waals surface area contributed by atoms with Crippen LogP contribution in [0.2, 0.25) is 5.02 Å². The van der Waals surface area contributed by atoms with E-state index in [4.69, 9.17) is 16.3 Å². The number of hydrogen-bond acceptors (Lipinski definition) is 3. The number of benzene rings is 2. The van der Waals surface area contributed by atoms with Crippen LogP contribution >= 0.6 is 11.6 Å². The molecule has 0 radical (unpaired) electrons. The van der Waals surface area contributed by atoms with Crippen molar-refractivity contribution in [1.29, 1.82) is 0 Å². The van der Waals surface area contributed by atoms with Crippen LogP contribution < -0.4 is 9.64 Å². The minimum absolute atomic E-state index is 0.0733. The second-order valence-electron chi connectivity index (χ2n) is 7.00. The van der Waals surface area contributed by atoms with Crippen LogP contribution in [0, 0.1) is 13.8 Å². The van der Waals surface area contributed by atoms with Gasteiger partial charge < -0.3 is 14.5 Å². The summed E-state index contributed by atoms with van der Waals surface area (Å²) in [5.41, 5.74) is 3.37. The molecule has 1 heterocycles. The van der Waals surface area contributed by atoms with Crippen LogP contribution in [0.3, 0.4) is 0 Å². The van der Waals surface area contributed by atoms with Crippen molar-refractivity contribution >= 4 is 23.2 Å². The third kappa shape index (κ3) is 4.56. The highest BCUT2D eigenvalue weighted by Crippen LogP contribution is 2.24. The third-order valence-electron chi connectivity index (χ3n) is 5.24. The first-order valence-electron chi connectivity index (χ1n) is 9.51. The lowest BCUT2D eigenvalue weighted by molar-refractivity contribution is -0.139. The van der Waals surface area contributed by atoms with E-state index < -0.39 is 6.10 Å². The van der Waals surface area contributed by atoms with Gasteiger partial charge in [0.15, 0.2) is 6.10 Å². The van der Waals surface area contributed by atoms with E-state index in [2.05, 4.69) is 24.0 Å². The molecule has 27 heavy (non-hydrogen) atoms. The number of rotatable bonds is 5. The molecular weight excluding hydrogens is 360 g/mol. The second kappa shape index (κ2) is 8.66. The van der Waals surface area contributed by atoms with Gasteiger partial charge in [-0.05, 0) is 55.7 Å². The molecule has 1 atom stereocenters. The number of amides is 1. The average Bonchev–Trinajstić information content (AvgIpc) is 2.69. The summed E-state index contributed by atoms with van der Waals surface area (Å²) in [7, 11) is 0. The first kappa shape index (κ1) is 19.6. The largest absolute Gasteiger partial charge is 0.480 e. The quantitative estimate of drug-likeness (QED) is 0.760. The van der Waals surface area contributed by atoms with Gasteiger partial charge >= 0.3 is 0 Å². The Morgan fingerprint density at radius 1 is 1.11 bits per heavy atom. The smallest absolute Gasteiger partial charge is 0.263 e. The molecule has 2 aromatic carbocycles. The van der Waals surface area contributed by atoms with E-state index in [9.17, 15) is 4.79 Å². The van der Waals surface area contributed by atoms with Crippen molar-refractivity contribution in [3.8, 4) is 5.75 Å². The molecule has 1 fully saturated rings. The minimum atomic E-state index is -0.441. The van der Waals surface area contributed by atoms with E-state index >= 15 is 0 Å². The number of anilines is 1. The summed E-state index contributed by atoms with van der Waals surface area (Å²) < 4.78 is 6.10. The van der Waals surface area contributed by atoms with Crippen molar-refractivity contribution in [3.63, 3.8) is 0 Å². The molecule has 5 heteroatoms.